The normalized spacial score (nSPS) is 14.1. The van der Waals surface area contributed by atoms with E-state index in [4.69, 9.17) is 21.7 Å². The molecule has 2 rings (SSSR count). The van der Waals surface area contributed by atoms with Crippen molar-refractivity contribution in [1.29, 1.82) is 0 Å². The molecule has 1 heterocycles. The lowest BCUT2D eigenvalue weighted by Crippen LogP contribution is -2.37. The van der Waals surface area contributed by atoms with Crippen molar-refractivity contribution in [2.75, 3.05) is 13.3 Å². The van der Waals surface area contributed by atoms with E-state index >= 15 is 0 Å². The summed E-state index contributed by atoms with van der Waals surface area (Å²) >= 11 is 5.22. The van der Waals surface area contributed by atoms with Gasteiger partial charge in [-0.15, -0.1) is 0 Å². The number of rotatable bonds is 4. The highest BCUT2D eigenvalue weighted by atomic mass is 32.1. The highest BCUT2D eigenvalue weighted by Crippen LogP contribution is 2.34. The van der Waals surface area contributed by atoms with Gasteiger partial charge in [0.15, 0.2) is 16.6 Å². The average Bonchev–Trinajstić information content (AvgIpc) is 2.83. The number of hydrogen-bond donors (Lipinski definition) is 2. The molecule has 0 radical (unpaired) electrons. The second kappa shape index (κ2) is 5.91. The Hall–Kier alpha value is -1.49. The highest BCUT2D eigenvalue weighted by molar-refractivity contribution is 7.80. The molecule has 0 spiro atoms. The smallest absolute Gasteiger partial charge is 0.231 e. The van der Waals surface area contributed by atoms with Crippen molar-refractivity contribution in [3.63, 3.8) is 0 Å². The summed E-state index contributed by atoms with van der Waals surface area (Å²) in [5, 5.41) is 7.08. The van der Waals surface area contributed by atoms with Gasteiger partial charge in [0.05, 0.1) is 6.04 Å². The van der Waals surface area contributed by atoms with E-state index in [1.807, 2.05) is 18.2 Å². The van der Waals surface area contributed by atoms with Crippen LogP contribution in [0, 0.1) is 0 Å². The van der Waals surface area contributed by atoms with Crippen LogP contribution in [0.1, 0.15) is 31.9 Å². The molecule has 5 heteroatoms. The molecule has 98 valence electrons. The lowest BCUT2D eigenvalue weighted by atomic mass is 10.1. The van der Waals surface area contributed by atoms with E-state index in [1.165, 1.54) is 0 Å². The standard InChI is InChI=1S/C13H18N2O2S/c1-3-6-14-13(18)15-9(2)10-4-5-11-12(7-10)17-8-16-11/h4-5,7,9H,3,6,8H2,1-2H3,(H2,14,15,18). The zero-order valence-corrected chi connectivity index (χ0v) is 11.5. The predicted molar refractivity (Wildman–Crippen MR) is 75.0 cm³/mol. The van der Waals surface area contributed by atoms with E-state index < -0.39 is 0 Å². The van der Waals surface area contributed by atoms with Gasteiger partial charge in [0.25, 0.3) is 0 Å². The summed E-state index contributed by atoms with van der Waals surface area (Å²) in [4.78, 5) is 0. The monoisotopic (exact) mass is 266 g/mol. The van der Waals surface area contributed by atoms with Crippen LogP contribution in [0.2, 0.25) is 0 Å². The van der Waals surface area contributed by atoms with Crippen LogP contribution in [0.25, 0.3) is 0 Å². The number of hydrogen-bond acceptors (Lipinski definition) is 3. The SMILES string of the molecule is CCCNC(=S)NC(C)c1ccc2c(c1)OCO2. The topological polar surface area (TPSA) is 42.5 Å². The molecule has 0 amide bonds. The van der Waals surface area contributed by atoms with Crippen LogP contribution in [0.3, 0.4) is 0 Å². The third kappa shape index (κ3) is 3.04. The van der Waals surface area contributed by atoms with E-state index in [0.29, 0.717) is 11.9 Å². The van der Waals surface area contributed by atoms with Crippen molar-refractivity contribution in [1.82, 2.24) is 10.6 Å². The van der Waals surface area contributed by atoms with Gasteiger partial charge in [-0.3, -0.25) is 0 Å². The van der Waals surface area contributed by atoms with Crippen molar-refractivity contribution < 1.29 is 9.47 Å². The molecular formula is C13H18N2O2S. The van der Waals surface area contributed by atoms with Crippen LogP contribution in [-0.4, -0.2) is 18.5 Å². The molecule has 1 atom stereocenters. The molecular weight excluding hydrogens is 248 g/mol. The van der Waals surface area contributed by atoms with Crippen LogP contribution in [0.4, 0.5) is 0 Å². The lowest BCUT2D eigenvalue weighted by Gasteiger charge is -2.17. The minimum Gasteiger partial charge on any atom is -0.454 e. The van der Waals surface area contributed by atoms with Crippen molar-refractivity contribution in [3.8, 4) is 11.5 Å². The Kier molecular flexibility index (Phi) is 4.25. The Labute approximate surface area is 113 Å². The molecule has 0 aromatic heterocycles. The van der Waals surface area contributed by atoms with Gasteiger partial charge in [-0.1, -0.05) is 13.0 Å². The van der Waals surface area contributed by atoms with Crippen molar-refractivity contribution >= 4 is 17.3 Å². The van der Waals surface area contributed by atoms with Gasteiger partial charge in [-0.25, -0.2) is 0 Å². The first-order valence-electron chi connectivity index (χ1n) is 6.14. The van der Waals surface area contributed by atoms with Gasteiger partial charge < -0.3 is 20.1 Å². The Balaban J connectivity index is 1.96. The largest absolute Gasteiger partial charge is 0.454 e. The van der Waals surface area contributed by atoms with E-state index in [9.17, 15) is 0 Å². The van der Waals surface area contributed by atoms with Crippen molar-refractivity contribution in [2.45, 2.75) is 26.3 Å². The van der Waals surface area contributed by atoms with Gasteiger partial charge in [0.2, 0.25) is 6.79 Å². The maximum Gasteiger partial charge on any atom is 0.231 e. The zero-order chi connectivity index (χ0) is 13.0. The maximum absolute atomic E-state index is 5.36. The number of thiocarbonyl (C=S) groups is 1. The molecule has 1 unspecified atom stereocenters. The van der Waals surface area contributed by atoms with E-state index in [1.54, 1.807) is 0 Å². The minimum absolute atomic E-state index is 0.136. The Morgan fingerprint density at radius 1 is 1.39 bits per heavy atom. The molecule has 18 heavy (non-hydrogen) atoms. The van der Waals surface area contributed by atoms with Gasteiger partial charge in [-0.2, -0.15) is 0 Å². The molecule has 2 N–H and O–H groups in total. The number of nitrogens with one attached hydrogen (secondary N) is 2. The summed E-state index contributed by atoms with van der Waals surface area (Å²) in [7, 11) is 0. The summed E-state index contributed by atoms with van der Waals surface area (Å²) in [6.45, 7) is 5.37. The van der Waals surface area contributed by atoms with E-state index in [-0.39, 0.29) is 6.04 Å². The number of benzene rings is 1. The Morgan fingerprint density at radius 2 is 2.17 bits per heavy atom. The average molecular weight is 266 g/mol. The Morgan fingerprint density at radius 3 is 2.94 bits per heavy atom. The molecule has 4 nitrogen and oxygen atoms in total. The van der Waals surface area contributed by atoms with Crippen LogP contribution in [0.15, 0.2) is 18.2 Å². The summed E-state index contributed by atoms with van der Waals surface area (Å²) in [6.07, 6.45) is 1.06. The third-order valence-corrected chi connectivity index (χ3v) is 3.04. The predicted octanol–water partition coefficient (Wildman–Crippen LogP) is 2.35. The van der Waals surface area contributed by atoms with Crippen molar-refractivity contribution in [2.24, 2.45) is 0 Å². The van der Waals surface area contributed by atoms with Gasteiger partial charge in [0.1, 0.15) is 0 Å². The molecule has 1 aliphatic rings. The van der Waals surface area contributed by atoms with Gasteiger partial charge >= 0.3 is 0 Å². The lowest BCUT2D eigenvalue weighted by molar-refractivity contribution is 0.174. The summed E-state index contributed by atoms with van der Waals surface area (Å²) in [6, 6.07) is 6.07. The molecule has 0 aliphatic carbocycles. The second-order valence-electron chi connectivity index (χ2n) is 4.23. The number of ether oxygens (including phenoxy) is 2. The molecule has 0 fully saturated rings. The summed E-state index contributed by atoms with van der Waals surface area (Å²) < 4.78 is 10.6. The van der Waals surface area contributed by atoms with Crippen LogP contribution in [-0.2, 0) is 0 Å². The summed E-state index contributed by atoms with van der Waals surface area (Å²) in [5.41, 5.74) is 1.12. The number of fused-ring (bicyclic) bond motifs is 1. The molecule has 0 bridgehead atoms. The van der Waals surface area contributed by atoms with E-state index in [0.717, 1.165) is 30.0 Å². The first-order valence-corrected chi connectivity index (χ1v) is 6.55. The Bertz CT molecular complexity index is 437. The fourth-order valence-electron chi connectivity index (χ4n) is 1.75. The maximum atomic E-state index is 5.36. The fraction of sp³-hybridized carbons (Fsp3) is 0.462. The fourth-order valence-corrected chi connectivity index (χ4v) is 2.03. The van der Waals surface area contributed by atoms with Crippen LogP contribution < -0.4 is 20.1 Å². The van der Waals surface area contributed by atoms with Gasteiger partial charge in [0, 0.05) is 6.54 Å². The highest BCUT2D eigenvalue weighted by Gasteiger charge is 2.15. The zero-order valence-electron chi connectivity index (χ0n) is 10.7. The molecule has 0 saturated carbocycles. The third-order valence-electron chi connectivity index (χ3n) is 2.78. The van der Waals surface area contributed by atoms with Crippen LogP contribution >= 0.6 is 12.2 Å². The molecule has 1 aromatic carbocycles. The molecule has 1 aromatic rings. The van der Waals surface area contributed by atoms with Crippen LogP contribution in [0.5, 0.6) is 11.5 Å². The molecule has 1 aliphatic heterocycles. The second-order valence-corrected chi connectivity index (χ2v) is 4.64. The first-order chi connectivity index (χ1) is 8.70. The van der Waals surface area contributed by atoms with Crippen molar-refractivity contribution in [3.05, 3.63) is 23.8 Å². The minimum atomic E-state index is 0.136. The van der Waals surface area contributed by atoms with E-state index in [2.05, 4.69) is 24.5 Å². The molecule has 0 saturated heterocycles. The summed E-state index contributed by atoms with van der Waals surface area (Å²) in [5.74, 6) is 1.60. The first kappa shape index (κ1) is 13.0. The van der Waals surface area contributed by atoms with Gasteiger partial charge in [-0.05, 0) is 43.3 Å². The quantitative estimate of drug-likeness (QED) is 0.819.